The van der Waals surface area contributed by atoms with Gasteiger partial charge in [-0.1, -0.05) is 12.2 Å². The van der Waals surface area contributed by atoms with Gasteiger partial charge in [0.2, 0.25) is 0 Å². The van der Waals surface area contributed by atoms with Crippen molar-refractivity contribution >= 4 is 6.21 Å². The van der Waals surface area contributed by atoms with Gasteiger partial charge in [0, 0.05) is 24.3 Å². The number of hydrogen-bond donors (Lipinski definition) is 1. The number of hydroxylamine groups is 1. The first-order chi connectivity index (χ1) is 6.45. The molecule has 0 aromatic heterocycles. The maximum absolute atomic E-state index is 5.43. The van der Waals surface area contributed by atoms with Gasteiger partial charge in [-0.05, 0) is 18.4 Å². The number of allylic oxidation sites excluding steroid dienone is 2. The number of nitrogens with zero attached hydrogens (tertiary/aromatic N) is 1. The summed E-state index contributed by atoms with van der Waals surface area (Å²) >= 11 is 0. The largest absolute Gasteiger partial charge is 0.268 e. The first-order valence-electron chi connectivity index (χ1n) is 4.75. The summed E-state index contributed by atoms with van der Waals surface area (Å²) in [6, 6.07) is 0. The zero-order valence-corrected chi connectivity index (χ0v) is 7.36. The van der Waals surface area contributed by atoms with Crippen LogP contribution >= 0.6 is 0 Å². The van der Waals surface area contributed by atoms with Gasteiger partial charge >= 0.3 is 0 Å². The minimum atomic E-state index is 0.0326. The molecule has 0 saturated heterocycles. The van der Waals surface area contributed by atoms with Crippen LogP contribution in [0.4, 0.5) is 0 Å². The molecule has 0 aromatic carbocycles. The van der Waals surface area contributed by atoms with E-state index in [9.17, 15) is 0 Å². The highest BCUT2D eigenvalue weighted by Crippen LogP contribution is 2.35. The normalized spacial score (nSPS) is 35.7. The molecule has 0 bridgehead atoms. The van der Waals surface area contributed by atoms with Crippen LogP contribution in [0.2, 0.25) is 0 Å². The lowest BCUT2D eigenvalue weighted by Crippen LogP contribution is -2.35. The Kier molecular flexibility index (Phi) is 1.52. The third-order valence-corrected chi connectivity index (χ3v) is 2.92. The van der Waals surface area contributed by atoms with Gasteiger partial charge in [-0.15, -0.1) is 0 Å². The summed E-state index contributed by atoms with van der Waals surface area (Å²) in [6.07, 6.45) is 9.52. The highest BCUT2D eigenvalue weighted by molar-refractivity contribution is 5.62. The second-order valence-electron chi connectivity index (χ2n) is 3.67. The molecule has 0 saturated carbocycles. The summed E-state index contributed by atoms with van der Waals surface area (Å²) in [7, 11) is 0. The highest BCUT2D eigenvalue weighted by atomic mass is 16.7. The molecule has 3 heteroatoms. The van der Waals surface area contributed by atoms with Crippen LogP contribution in [0.3, 0.4) is 0 Å². The summed E-state index contributed by atoms with van der Waals surface area (Å²) in [4.78, 5) is 9.71. The summed E-state index contributed by atoms with van der Waals surface area (Å²) in [5.41, 5.74) is 5.76. The minimum absolute atomic E-state index is 0.0326. The molecule has 2 aliphatic heterocycles. The number of fused-ring (bicyclic) bond motifs is 2. The summed E-state index contributed by atoms with van der Waals surface area (Å²) < 4.78 is 0. The van der Waals surface area contributed by atoms with Crippen LogP contribution in [0.1, 0.15) is 19.3 Å². The van der Waals surface area contributed by atoms with E-state index in [0.717, 1.165) is 19.3 Å². The Morgan fingerprint density at radius 1 is 1.38 bits per heavy atom. The molecular formula is C10H12N2O. The van der Waals surface area contributed by atoms with Crippen molar-refractivity contribution in [2.45, 2.75) is 25.5 Å². The van der Waals surface area contributed by atoms with E-state index in [2.05, 4.69) is 22.6 Å². The fourth-order valence-corrected chi connectivity index (χ4v) is 2.21. The molecule has 1 N–H and O–H groups in total. The van der Waals surface area contributed by atoms with Crippen LogP contribution in [0.15, 0.2) is 28.4 Å². The van der Waals surface area contributed by atoms with Gasteiger partial charge in [0.15, 0.2) is 6.23 Å². The SMILES string of the molecule is C1=CCC2=C(C1)NOC1N=CCC21. The van der Waals surface area contributed by atoms with Crippen molar-refractivity contribution in [1.29, 1.82) is 0 Å². The first-order valence-corrected chi connectivity index (χ1v) is 4.75. The van der Waals surface area contributed by atoms with Gasteiger partial charge in [0.05, 0.1) is 0 Å². The van der Waals surface area contributed by atoms with Crippen LogP contribution in [-0.2, 0) is 4.84 Å². The van der Waals surface area contributed by atoms with Gasteiger partial charge in [0.1, 0.15) is 0 Å². The lowest BCUT2D eigenvalue weighted by Gasteiger charge is -2.31. The highest BCUT2D eigenvalue weighted by Gasteiger charge is 2.34. The topological polar surface area (TPSA) is 33.6 Å². The molecule has 0 spiro atoms. The summed E-state index contributed by atoms with van der Waals surface area (Å²) in [6.45, 7) is 0. The molecule has 68 valence electrons. The molecule has 2 heterocycles. The molecule has 1 aliphatic carbocycles. The Hall–Kier alpha value is -1.09. The van der Waals surface area contributed by atoms with E-state index in [1.807, 2.05) is 6.21 Å². The fraction of sp³-hybridized carbons (Fsp3) is 0.500. The van der Waals surface area contributed by atoms with Crippen molar-refractivity contribution in [3.63, 3.8) is 0 Å². The molecule has 0 aromatic rings. The van der Waals surface area contributed by atoms with Gasteiger partial charge in [-0.2, -0.15) is 0 Å². The Bertz CT molecular complexity index is 317. The number of hydrogen-bond acceptors (Lipinski definition) is 3. The maximum atomic E-state index is 5.43. The van der Waals surface area contributed by atoms with Crippen molar-refractivity contribution in [1.82, 2.24) is 5.48 Å². The monoisotopic (exact) mass is 176 g/mol. The number of aliphatic imine (C=N–C) groups is 1. The molecule has 0 fully saturated rings. The van der Waals surface area contributed by atoms with Gasteiger partial charge < -0.3 is 0 Å². The lowest BCUT2D eigenvalue weighted by atomic mass is 9.88. The maximum Gasteiger partial charge on any atom is 0.181 e. The molecule has 2 unspecified atom stereocenters. The van der Waals surface area contributed by atoms with Crippen molar-refractivity contribution in [2.24, 2.45) is 10.9 Å². The molecular weight excluding hydrogens is 164 g/mol. The van der Waals surface area contributed by atoms with Gasteiger partial charge in [-0.3, -0.25) is 10.5 Å². The smallest absolute Gasteiger partial charge is 0.181 e. The van der Waals surface area contributed by atoms with E-state index in [-0.39, 0.29) is 6.23 Å². The molecule has 13 heavy (non-hydrogen) atoms. The Labute approximate surface area is 77.1 Å². The third kappa shape index (κ3) is 1.04. The zero-order valence-electron chi connectivity index (χ0n) is 7.36. The minimum Gasteiger partial charge on any atom is -0.268 e. The van der Waals surface area contributed by atoms with Crippen LogP contribution in [0, 0.1) is 5.92 Å². The zero-order chi connectivity index (χ0) is 8.67. The fourth-order valence-electron chi connectivity index (χ4n) is 2.21. The second kappa shape index (κ2) is 2.70. The third-order valence-electron chi connectivity index (χ3n) is 2.92. The average Bonchev–Trinajstić information content (AvgIpc) is 2.65. The predicted octanol–water partition coefficient (Wildman–Crippen LogP) is 1.54. The van der Waals surface area contributed by atoms with E-state index in [4.69, 9.17) is 4.84 Å². The van der Waals surface area contributed by atoms with E-state index in [1.54, 1.807) is 0 Å². The van der Waals surface area contributed by atoms with Crippen molar-refractivity contribution < 1.29 is 4.84 Å². The Morgan fingerprint density at radius 2 is 2.31 bits per heavy atom. The Balaban J connectivity index is 1.94. The van der Waals surface area contributed by atoms with Gasteiger partial charge in [-0.25, -0.2) is 4.84 Å². The molecule has 3 nitrogen and oxygen atoms in total. The molecule has 2 atom stereocenters. The van der Waals surface area contributed by atoms with E-state index < -0.39 is 0 Å². The molecule has 3 aliphatic rings. The average molecular weight is 176 g/mol. The van der Waals surface area contributed by atoms with Crippen LogP contribution < -0.4 is 5.48 Å². The quantitative estimate of drug-likeness (QED) is 0.568. The molecule has 3 rings (SSSR count). The second-order valence-corrected chi connectivity index (χ2v) is 3.67. The van der Waals surface area contributed by atoms with Crippen LogP contribution in [0.5, 0.6) is 0 Å². The van der Waals surface area contributed by atoms with E-state index in [0.29, 0.717) is 5.92 Å². The number of nitrogens with one attached hydrogen (secondary N) is 1. The van der Waals surface area contributed by atoms with E-state index >= 15 is 0 Å². The Morgan fingerprint density at radius 3 is 3.31 bits per heavy atom. The molecule has 0 amide bonds. The van der Waals surface area contributed by atoms with Crippen molar-refractivity contribution in [3.8, 4) is 0 Å². The standard InChI is InChI=1S/C10H12N2O/c1-2-4-9-7(3-1)8-5-6-11-10(8)13-12-9/h1-2,6,8,10,12H,3-5H2. The summed E-state index contributed by atoms with van der Waals surface area (Å²) in [5.74, 6) is 0.501. The van der Waals surface area contributed by atoms with Crippen LogP contribution in [0.25, 0.3) is 0 Å². The van der Waals surface area contributed by atoms with Gasteiger partial charge in [0.25, 0.3) is 0 Å². The molecule has 0 radical (unpaired) electrons. The van der Waals surface area contributed by atoms with E-state index in [1.165, 1.54) is 11.3 Å². The number of rotatable bonds is 0. The summed E-state index contributed by atoms with van der Waals surface area (Å²) in [5, 5.41) is 0. The first kappa shape index (κ1) is 7.33. The predicted molar refractivity (Wildman–Crippen MR) is 50.0 cm³/mol. The van der Waals surface area contributed by atoms with Crippen LogP contribution in [-0.4, -0.2) is 12.4 Å². The lowest BCUT2D eigenvalue weighted by molar-refractivity contribution is -0.0370. The van der Waals surface area contributed by atoms with Crippen molar-refractivity contribution in [2.75, 3.05) is 0 Å². The van der Waals surface area contributed by atoms with Crippen molar-refractivity contribution in [3.05, 3.63) is 23.4 Å².